The van der Waals surface area contributed by atoms with Crippen LogP contribution in [0, 0.1) is 6.92 Å². The van der Waals surface area contributed by atoms with Gasteiger partial charge in [-0.1, -0.05) is 146 Å². The molecule has 3 heteroatoms. The van der Waals surface area contributed by atoms with Crippen LogP contribution in [0.15, 0.2) is 211 Å². The van der Waals surface area contributed by atoms with Crippen molar-refractivity contribution in [2.24, 2.45) is 0 Å². The Hall–Kier alpha value is -6.94. The maximum Gasteiger partial charge on any atom is 0.136 e. The lowest BCUT2D eigenvalue weighted by Gasteiger charge is -2.26. The zero-order valence-corrected chi connectivity index (χ0v) is 31.7. The number of hydrogen-bond donors (Lipinski definition) is 0. The van der Waals surface area contributed by atoms with Crippen molar-refractivity contribution in [1.82, 2.24) is 0 Å². The van der Waals surface area contributed by atoms with Crippen molar-refractivity contribution >= 4 is 71.2 Å². The Labute approximate surface area is 330 Å². The molecule has 0 fully saturated rings. The van der Waals surface area contributed by atoms with Gasteiger partial charge in [-0.2, -0.15) is 0 Å². The van der Waals surface area contributed by atoms with Crippen molar-refractivity contribution in [3.05, 3.63) is 211 Å². The van der Waals surface area contributed by atoms with E-state index in [1.165, 1.54) is 64.5 Å². The molecular formula is C53H37NOS. The lowest BCUT2D eigenvalue weighted by Crippen LogP contribution is -2.09. The predicted molar refractivity (Wildman–Crippen MR) is 240 cm³/mol. The fourth-order valence-electron chi connectivity index (χ4n) is 7.87. The van der Waals surface area contributed by atoms with Crippen LogP contribution in [-0.4, -0.2) is 0 Å². The quantitative estimate of drug-likeness (QED) is 0.169. The average Bonchev–Trinajstić information content (AvgIpc) is 3.67. The summed E-state index contributed by atoms with van der Waals surface area (Å²) in [6.07, 6.45) is 0. The van der Waals surface area contributed by atoms with E-state index in [1.54, 1.807) is 0 Å². The van der Waals surface area contributed by atoms with E-state index in [4.69, 9.17) is 4.42 Å². The third-order valence-corrected chi connectivity index (χ3v) is 11.8. The lowest BCUT2D eigenvalue weighted by molar-refractivity contribution is 0.669. The van der Waals surface area contributed by atoms with Gasteiger partial charge in [-0.05, 0) is 117 Å². The Morgan fingerprint density at radius 3 is 1.66 bits per heavy atom. The summed E-state index contributed by atoms with van der Waals surface area (Å²) in [7, 11) is 0. The van der Waals surface area contributed by atoms with E-state index in [0.29, 0.717) is 0 Å². The largest absolute Gasteiger partial charge is 0.456 e. The molecule has 2 heterocycles. The molecule has 0 bridgehead atoms. The van der Waals surface area contributed by atoms with Gasteiger partial charge in [0.1, 0.15) is 11.2 Å². The van der Waals surface area contributed by atoms with Crippen molar-refractivity contribution in [3.8, 4) is 33.4 Å². The first-order chi connectivity index (χ1) is 27.7. The molecule has 56 heavy (non-hydrogen) atoms. The summed E-state index contributed by atoms with van der Waals surface area (Å²) in [6, 6.07) is 74.0. The van der Waals surface area contributed by atoms with E-state index in [2.05, 4.69) is 206 Å². The molecule has 0 atom stereocenters. The number of rotatable bonds is 6. The molecule has 2 aromatic heterocycles. The summed E-state index contributed by atoms with van der Waals surface area (Å²) in [4.78, 5) is 3.61. The molecule has 0 N–H and O–H groups in total. The molecule has 0 spiro atoms. The Balaban J connectivity index is 1.03. The van der Waals surface area contributed by atoms with Gasteiger partial charge in [-0.15, -0.1) is 11.3 Å². The lowest BCUT2D eigenvalue weighted by atomic mass is 9.98. The summed E-state index contributed by atoms with van der Waals surface area (Å²) in [5.41, 5.74) is 12.3. The average molecular weight is 736 g/mol. The van der Waals surface area contributed by atoms with Crippen molar-refractivity contribution in [3.63, 3.8) is 0 Å². The number of benzene rings is 8. The highest BCUT2D eigenvalue weighted by molar-refractivity contribution is 7.18. The van der Waals surface area contributed by atoms with E-state index in [1.807, 2.05) is 23.5 Å². The van der Waals surface area contributed by atoms with E-state index in [0.717, 1.165) is 33.6 Å². The zero-order chi connectivity index (χ0) is 37.4. The van der Waals surface area contributed by atoms with Gasteiger partial charge in [-0.25, -0.2) is 0 Å². The number of aryl methyl sites for hydroxylation is 1. The van der Waals surface area contributed by atoms with Crippen molar-refractivity contribution in [2.75, 3.05) is 4.90 Å². The van der Waals surface area contributed by atoms with Gasteiger partial charge in [0.25, 0.3) is 0 Å². The molecule has 0 saturated carbocycles. The molecule has 0 aliphatic heterocycles. The Morgan fingerprint density at radius 2 is 0.946 bits per heavy atom. The third kappa shape index (κ3) is 6.28. The van der Waals surface area contributed by atoms with Gasteiger partial charge in [0.2, 0.25) is 0 Å². The van der Waals surface area contributed by atoms with Gasteiger partial charge >= 0.3 is 0 Å². The standard InChI is InChI=1S/C53H37NOS/c1-36-47(15-7-5-13-41-14-6-10-18-52(41)56-36)40-23-31-46(32-24-40)54(44-27-19-38(20-28-44)37-11-3-2-4-12-37)45-29-21-39(22-30-45)42-25-33-48-43(35-42)26-34-51-53(48)49-16-8-9-17-50(49)55-51/h2-35H,1H3. The topological polar surface area (TPSA) is 16.4 Å². The maximum absolute atomic E-state index is 6.17. The van der Waals surface area contributed by atoms with Crippen LogP contribution in [0.2, 0.25) is 0 Å². The van der Waals surface area contributed by atoms with Gasteiger partial charge in [0.15, 0.2) is 0 Å². The number of para-hydroxylation sites is 1. The Bertz CT molecular complexity index is 3070. The van der Waals surface area contributed by atoms with Crippen LogP contribution in [-0.2, 0) is 0 Å². The van der Waals surface area contributed by atoms with Crippen LogP contribution in [0.25, 0.3) is 76.2 Å². The molecule has 2 nitrogen and oxygen atoms in total. The van der Waals surface area contributed by atoms with Gasteiger partial charge in [0.05, 0.1) is 0 Å². The van der Waals surface area contributed by atoms with Crippen LogP contribution >= 0.6 is 11.3 Å². The molecule has 8 aromatic carbocycles. The van der Waals surface area contributed by atoms with Crippen LogP contribution in [0.3, 0.4) is 0 Å². The predicted octanol–water partition coefficient (Wildman–Crippen LogP) is 15.9. The monoisotopic (exact) mass is 735 g/mol. The van der Waals surface area contributed by atoms with Crippen molar-refractivity contribution < 1.29 is 4.42 Å². The summed E-state index contributed by atoms with van der Waals surface area (Å²) in [5, 5.41) is 5.97. The fourth-order valence-corrected chi connectivity index (χ4v) is 8.89. The van der Waals surface area contributed by atoms with E-state index < -0.39 is 0 Å². The third-order valence-electron chi connectivity index (χ3n) is 10.7. The van der Waals surface area contributed by atoms with E-state index in [-0.39, 0.29) is 0 Å². The van der Waals surface area contributed by atoms with E-state index >= 15 is 0 Å². The minimum absolute atomic E-state index is 0.922. The summed E-state index contributed by atoms with van der Waals surface area (Å²) in [6.45, 7) is 2.22. The molecule has 10 rings (SSSR count). The fraction of sp³-hybridized carbons (Fsp3) is 0.0189. The van der Waals surface area contributed by atoms with Gasteiger partial charge in [0, 0.05) is 37.4 Å². The SMILES string of the molecule is Cc1sc2ccccc2ccccc1-c1ccc(N(c2ccc(-c3ccccc3)cc2)c2ccc(-c3ccc4c(ccc5oc6ccccc6c54)c3)cc2)cc1. The number of furan rings is 1. The van der Waals surface area contributed by atoms with Crippen LogP contribution in [0.1, 0.15) is 4.88 Å². The molecule has 0 unspecified atom stereocenters. The molecule has 266 valence electrons. The molecule has 0 amide bonds. The molecular weight excluding hydrogens is 699 g/mol. The molecule has 0 saturated heterocycles. The highest BCUT2D eigenvalue weighted by atomic mass is 32.1. The number of hydrogen-bond acceptors (Lipinski definition) is 3. The van der Waals surface area contributed by atoms with E-state index in [9.17, 15) is 0 Å². The number of fused-ring (bicyclic) bond motifs is 6. The number of anilines is 3. The number of nitrogens with zero attached hydrogens (tertiary/aromatic N) is 1. The smallest absolute Gasteiger partial charge is 0.136 e. The first kappa shape index (κ1) is 33.6. The molecule has 0 aliphatic carbocycles. The summed E-state index contributed by atoms with van der Waals surface area (Å²) in [5.74, 6) is 0. The first-order valence-electron chi connectivity index (χ1n) is 19.0. The first-order valence-corrected chi connectivity index (χ1v) is 19.8. The van der Waals surface area contributed by atoms with Crippen molar-refractivity contribution in [2.45, 2.75) is 6.92 Å². The second-order valence-electron chi connectivity index (χ2n) is 14.1. The normalized spacial score (nSPS) is 11.3. The molecule has 0 radical (unpaired) electrons. The summed E-state index contributed by atoms with van der Waals surface area (Å²) >= 11 is 1.83. The van der Waals surface area contributed by atoms with Crippen LogP contribution < -0.4 is 4.90 Å². The minimum Gasteiger partial charge on any atom is -0.456 e. The second-order valence-corrected chi connectivity index (χ2v) is 15.4. The highest BCUT2D eigenvalue weighted by Gasteiger charge is 2.15. The Kier molecular flexibility index (Phi) is 8.63. The maximum atomic E-state index is 6.17. The van der Waals surface area contributed by atoms with Gasteiger partial charge < -0.3 is 9.32 Å². The Morgan fingerprint density at radius 1 is 0.393 bits per heavy atom. The highest BCUT2D eigenvalue weighted by Crippen LogP contribution is 2.40. The molecule has 0 aliphatic rings. The minimum atomic E-state index is 0.922. The van der Waals surface area contributed by atoms with Crippen LogP contribution in [0.4, 0.5) is 17.1 Å². The van der Waals surface area contributed by atoms with Crippen molar-refractivity contribution in [1.29, 1.82) is 0 Å². The molecule has 10 aromatic rings. The zero-order valence-electron chi connectivity index (χ0n) is 30.9. The second kappa shape index (κ2) is 14.4. The van der Waals surface area contributed by atoms with Crippen LogP contribution in [0.5, 0.6) is 0 Å². The summed E-state index contributed by atoms with van der Waals surface area (Å²) < 4.78 is 7.43. The van der Waals surface area contributed by atoms with Gasteiger partial charge in [-0.3, -0.25) is 0 Å².